The Morgan fingerprint density at radius 1 is 1.65 bits per heavy atom. The second kappa shape index (κ2) is 5.03. The summed E-state index contributed by atoms with van der Waals surface area (Å²) in [5.74, 6) is 1.72. The molecule has 1 aliphatic heterocycles. The predicted molar refractivity (Wildman–Crippen MR) is 65.2 cm³/mol. The Balaban J connectivity index is 2.12. The van der Waals surface area contributed by atoms with E-state index < -0.39 is 0 Å². The van der Waals surface area contributed by atoms with Crippen LogP contribution in [0.5, 0.6) is 5.75 Å². The SMILES string of the molecule is CNC(=O)C1CCN(c2ncccc2OC)C1. The van der Waals surface area contributed by atoms with Crippen LogP contribution in [0.25, 0.3) is 0 Å². The lowest BCUT2D eigenvalue weighted by Gasteiger charge is -2.19. The summed E-state index contributed by atoms with van der Waals surface area (Å²) in [5, 5.41) is 2.69. The number of amides is 1. The van der Waals surface area contributed by atoms with Crippen LogP contribution >= 0.6 is 0 Å². The fourth-order valence-corrected chi connectivity index (χ4v) is 2.15. The third kappa shape index (κ3) is 2.33. The fraction of sp³-hybridized carbons (Fsp3) is 0.500. The van der Waals surface area contributed by atoms with E-state index in [4.69, 9.17) is 4.74 Å². The lowest BCUT2D eigenvalue weighted by molar-refractivity contribution is -0.123. The average Bonchev–Trinajstić information content (AvgIpc) is 2.87. The molecule has 1 amide bonds. The number of methoxy groups -OCH3 is 1. The van der Waals surface area contributed by atoms with Crippen LogP contribution in [0.3, 0.4) is 0 Å². The van der Waals surface area contributed by atoms with Gasteiger partial charge in [-0.15, -0.1) is 0 Å². The zero-order valence-corrected chi connectivity index (χ0v) is 10.1. The van der Waals surface area contributed by atoms with Crippen molar-refractivity contribution in [3.63, 3.8) is 0 Å². The van der Waals surface area contributed by atoms with E-state index in [9.17, 15) is 4.79 Å². The summed E-state index contributed by atoms with van der Waals surface area (Å²) in [6.07, 6.45) is 2.60. The van der Waals surface area contributed by atoms with Crippen LogP contribution in [0, 0.1) is 5.92 Å². The lowest BCUT2D eigenvalue weighted by Crippen LogP contribution is -2.30. The molecule has 0 saturated carbocycles. The molecule has 1 aromatic rings. The maximum atomic E-state index is 11.6. The van der Waals surface area contributed by atoms with E-state index in [0.29, 0.717) is 6.54 Å². The highest BCUT2D eigenvalue weighted by molar-refractivity contribution is 5.79. The van der Waals surface area contributed by atoms with Crippen molar-refractivity contribution in [2.75, 3.05) is 32.1 Å². The van der Waals surface area contributed by atoms with E-state index in [2.05, 4.69) is 15.2 Å². The number of aromatic nitrogens is 1. The molecule has 0 aliphatic carbocycles. The van der Waals surface area contributed by atoms with Gasteiger partial charge < -0.3 is 15.0 Å². The number of anilines is 1. The van der Waals surface area contributed by atoms with Gasteiger partial charge in [-0.05, 0) is 18.6 Å². The van der Waals surface area contributed by atoms with Crippen LogP contribution in [0.1, 0.15) is 6.42 Å². The van der Waals surface area contributed by atoms with E-state index in [1.165, 1.54) is 0 Å². The third-order valence-corrected chi connectivity index (χ3v) is 3.08. The lowest BCUT2D eigenvalue weighted by atomic mass is 10.1. The molecule has 0 radical (unpaired) electrons. The Labute approximate surface area is 101 Å². The van der Waals surface area contributed by atoms with Crippen molar-refractivity contribution in [3.05, 3.63) is 18.3 Å². The van der Waals surface area contributed by atoms with E-state index >= 15 is 0 Å². The Kier molecular flexibility index (Phi) is 3.46. The number of hydrogen-bond donors (Lipinski definition) is 1. The monoisotopic (exact) mass is 235 g/mol. The summed E-state index contributed by atoms with van der Waals surface area (Å²) in [7, 11) is 3.30. The minimum absolute atomic E-state index is 0.0479. The van der Waals surface area contributed by atoms with Crippen molar-refractivity contribution in [3.8, 4) is 5.75 Å². The first-order valence-corrected chi connectivity index (χ1v) is 5.71. The Hall–Kier alpha value is -1.78. The van der Waals surface area contributed by atoms with E-state index in [1.54, 1.807) is 20.4 Å². The van der Waals surface area contributed by atoms with Gasteiger partial charge in [0.25, 0.3) is 0 Å². The number of carbonyl (C=O) groups excluding carboxylic acids is 1. The first-order chi connectivity index (χ1) is 8.26. The van der Waals surface area contributed by atoms with E-state index in [1.807, 2.05) is 12.1 Å². The second-order valence-corrected chi connectivity index (χ2v) is 4.08. The highest BCUT2D eigenvalue weighted by Gasteiger charge is 2.29. The molecule has 5 heteroatoms. The molecule has 1 N–H and O–H groups in total. The highest BCUT2D eigenvalue weighted by Crippen LogP contribution is 2.29. The molecule has 1 aromatic heterocycles. The molecule has 5 nitrogen and oxygen atoms in total. The number of nitrogens with zero attached hydrogens (tertiary/aromatic N) is 2. The Morgan fingerprint density at radius 3 is 3.18 bits per heavy atom. The fourth-order valence-electron chi connectivity index (χ4n) is 2.15. The van der Waals surface area contributed by atoms with Crippen LogP contribution in [0.4, 0.5) is 5.82 Å². The molecule has 17 heavy (non-hydrogen) atoms. The summed E-state index contributed by atoms with van der Waals surface area (Å²) in [4.78, 5) is 18.0. The van der Waals surface area contributed by atoms with Crippen LogP contribution in [0.15, 0.2) is 18.3 Å². The standard InChI is InChI=1S/C12H17N3O2/c1-13-12(16)9-5-7-15(8-9)11-10(17-2)4-3-6-14-11/h3-4,6,9H,5,7-8H2,1-2H3,(H,13,16). The molecule has 1 unspecified atom stereocenters. The quantitative estimate of drug-likeness (QED) is 0.836. The molecule has 1 saturated heterocycles. The maximum Gasteiger partial charge on any atom is 0.224 e. The highest BCUT2D eigenvalue weighted by atomic mass is 16.5. The molecule has 1 fully saturated rings. The van der Waals surface area contributed by atoms with E-state index in [-0.39, 0.29) is 11.8 Å². The largest absolute Gasteiger partial charge is 0.493 e. The first kappa shape index (κ1) is 11.7. The minimum atomic E-state index is 0.0479. The van der Waals surface area contributed by atoms with Gasteiger partial charge in [-0.2, -0.15) is 0 Å². The molecular weight excluding hydrogens is 218 g/mol. The normalized spacial score (nSPS) is 19.2. The molecule has 1 aliphatic rings. The maximum absolute atomic E-state index is 11.6. The van der Waals surface area contributed by atoms with Crippen molar-refractivity contribution in [2.24, 2.45) is 5.92 Å². The number of rotatable bonds is 3. The van der Waals surface area contributed by atoms with Crippen LogP contribution in [0.2, 0.25) is 0 Å². The van der Waals surface area contributed by atoms with Gasteiger partial charge in [0.05, 0.1) is 13.0 Å². The number of carbonyl (C=O) groups is 1. The zero-order chi connectivity index (χ0) is 12.3. The van der Waals surface area contributed by atoms with Crippen LogP contribution in [-0.4, -0.2) is 38.1 Å². The van der Waals surface area contributed by atoms with Crippen molar-refractivity contribution in [1.82, 2.24) is 10.3 Å². The van der Waals surface area contributed by atoms with Crippen LogP contribution < -0.4 is 15.0 Å². The van der Waals surface area contributed by atoms with Gasteiger partial charge in [0.15, 0.2) is 11.6 Å². The van der Waals surface area contributed by atoms with Gasteiger partial charge in [0.1, 0.15) is 0 Å². The van der Waals surface area contributed by atoms with Crippen LogP contribution in [-0.2, 0) is 4.79 Å². The summed E-state index contributed by atoms with van der Waals surface area (Å²) in [5.41, 5.74) is 0. The van der Waals surface area contributed by atoms with Crippen molar-refractivity contribution in [1.29, 1.82) is 0 Å². The van der Waals surface area contributed by atoms with Crippen molar-refractivity contribution >= 4 is 11.7 Å². The zero-order valence-electron chi connectivity index (χ0n) is 10.1. The molecule has 2 heterocycles. The smallest absolute Gasteiger partial charge is 0.224 e. The third-order valence-electron chi connectivity index (χ3n) is 3.08. The predicted octanol–water partition coefficient (Wildman–Crippen LogP) is 0.662. The van der Waals surface area contributed by atoms with Gasteiger partial charge >= 0.3 is 0 Å². The van der Waals surface area contributed by atoms with Gasteiger partial charge in [0.2, 0.25) is 5.91 Å². The second-order valence-electron chi connectivity index (χ2n) is 4.08. The van der Waals surface area contributed by atoms with Gasteiger partial charge in [-0.1, -0.05) is 0 Å². The van der Waals surface area contributed by atoms with Crippen molar-refractivity contribution in [2.45, 2.75) is 6.42 Å². The molecule has 0 aromatic carbocycles. The molecule has 1 atom stereocenters. The number of ether oxygens (including phenoxy) is 1. The Morgan fingerprint density at radius 2 is 2.47 bits per heavy atom. The molecular formula is C12H17N3O2. The molecule has 2 rings (SSSR count). The van der Waals surface area contributed by atoms with Gasteiger partial charge in [-0.25, -0.2) is 4.98 Å². The molecule has 0 bridgehead atoms. The van der Waals surface area contributed by atoms with Crippen molar-refractivity contribution < 1.29 is 9.53 Å². The number of nitrogens with one attached hydrogen (secondary N) is 1. The van der Waals surface area contributed by atoms with Gasteiger partial charge in [-0.3, -0.25) is 4.79 Å². The van der Waals surface area contributed by atoms with Gasteiger partial charge in [0, 0.05) is 26.3 Å². The molecule has 0 spiro atoms. The summed E-state index contributed by atoms with van der Waals surface area (Å²) in [6, 6.07) is 3.73. The Bertz CT molecular complexity index is 408. The molecule has 92 valence electrons. The number of hydrogen-bond acceptors (Lipinski definition) is 4. The summed E-state index contributed by atoms with van der Waals surface area (Å²) in [6.45, 7) is 1.54. The summed E-state index contributed by atoms with van der Waals surface area (Å²) >= 11 is 0. The van der Waals surface area contributed by atoms with E-state index in [0.717, 1.165) is 24.5 Å². The summed E-state index contributed by atoms with van der Waals surface area (Å²) < 4.78 is 5.28. The number of pyridine rings is 1. The minimum Gasteiger partial charge on any atom is -0.493 e. The average molecular weight is 235 g/mol. The first-order valence-electron chi connectivity index (χ1n) is 5.71. The topological polar surface area (TPSA) is 54.5 Å².